The minimum Gasteiger partial charge on any atom is -0.103 e. The first-order chi connectivity index (χ1) is 13.1. The normalized spacial score (nSPS) is 11.3. The smallest absolute Gasteiger partial charge is 0.00579 e. The minimum atomic E-state index is 1.08. The Kier molecular flexibility index (Phi) is 11.9. The van der Waals surface area contributed by atoms with Crippen molar-refractivity contribution in [1.29, 1.82) is 0 Å². The Morgan fingerprint density at radius 3 is 2.30 bits per heavy atom. The van der Waals surface area contributed by atoms with E-state index in [4.69, 9.17) is 0 Å². The van der Waals surface area contributed by atoms with Crippen LogP contribution in [0.5, 0.6) is 0 Å². The van der Waals surface area contributed by atoms with Gasteiger partial charge in [-0.05, 0) is 55.7 Å². The van der Waals surface area contributed by atoms with Crippen molar-refractivity contribution in [2.24, 2.45) is 0 Å². The summed E-state index contributed by atoms with van der Waals surface area (Å²) in [6.07, 6.45) is 12.9. The summed E-state index contributed by atoms with van der Waals surface area (Å²) in [7, 11) is 0. The maximum atomic E-state index is 3.48. The number of aryl methyl sites for hydroxylation is 2. The highest BCUT2D eigenvalue weighted by atomic mass is 14.1. The van der Waals surface area contributed by atoms with Gasteiger partial charge in [0.15, 0.2) is 0 Å². The molecule has 0 unspecified atom stereocenters. The predicted molar refractivity (Wildman–Crippen MR) is 123 cm³/mol. The van der Waals surface area contributed by atoms with Gasteiger partial charge in [0.05, 0.1) is 0 Å². The molecule has 0 saturated heterocycles. The third-order valence-corrected chi connectivity index (χ3v) is 4.73. The lowest BCUT2D eigenvalue weighted by Gasteiger charge is -2.00. The molecule has 1 aliphatic rings. The van der Waals surface area contributed by atoms with Gasteiger partial charge in [0, 0.05) is 0 Å². The first kappa shape index (κ1) is 23.0. The topological polar surface area (TPSA) is 0 Å². The number of hydrogen-bond donors (Lipinski definition) is 0. The van der Waals surface area contributed by atoms with Gasteiger partial charge in [-0.25, -0.2) is 0 Å². The molecule has 0 aliphatic heterocycles. The molecule has 3 rings (SSSR count). The highest BCUT2D eigenvalue weighted by molar-refractivity contribution is 5.63. The summed E-state index contributed by atoms with van der Waals surface area (Å²) < 4.78 is 0. The molecule has 0 heterocycles. The molecule has 2 aromatic rings. The molecule has 0 radical (unpaired) electrons. The summed E-state index contributed by atoms with van der Waals surface area (Å²) in [5.41, 5.74) is 7.34. The Morgan fingerprint density at radius 1 is 0.963 bits per heavy atom. The van der Waals surface area contributed by atoms with Crippen LogP contribution in [-0.2, 0) is 12.8 Å². The van der Waals surface area contributed by atoms with Crippen molar-refractivity contribution in [3.05, 3.63) is 89.0 Å². The molecule has 2 aromatic carbocycles. The second kappa shape index (κ2) is 14.0. The minimum absolute atomic E-state index is 1.08. The van der Waals surface area contributed by atoms with E-state index in [1.54, 1.807) is 5.57 Å². The number of allylic oxidation sites excluding steroid dienone is 2. The van der Waals surface area contributed by atoms with Crippen molar-refractivity contribution in [3.8, 4) is 0 Å². The zero-order valence-corrected chi connectivity index (χ0v) is 17.9. The molecule has 0 spiro atoms. The number of fused-ring (bicyclic) bond motifs is 1. The SMILES string of the molecule is C=CCC.CCC1=Cc2ccccc2C1.CCCCCc1cccc(C)c1. The van der Waals surface area contributed by atoms with Crippen molar-refractivity contribution >= 4 is 6.08 Å². The Balaban J connectivity index is 0.000000227. The van der Waals surface area contributed by atoms with Gasteiger partial charge in [0.2, 0.25) is 0 Å². The van der Waals surface area contributed by atoms with Gasteiger partial charge in [0.1, 0.15) is 0 Å². The Labute approximate surface area is 168 Å². The average molecular weight is 363 g/mol. The fraction of sp³-hybridized carbons (Fsp3) is 0.407. The van der Waals surface area contributed by atoms with Crippen molar-refractivity contribution in [2.75, 3.05) is 0 Å². The standard InChI is InChI=1S/C12H18.C11H12.C4H8/c1-3-4-5-8-12-9-6-7-11(2)10-12;1-2-9-7-10-5-3-4-6-11(10)8-9;1-3-4-2/h6-7,9-10H,3-5,8H2,1-2H3;3-7H,2,8H2,1H3;3H,1,4H2,2H3. The number of hydrogen-bond acceptors (Lipinski definition) is 0. The van der Waals surface area contributed by atoms with Crippen LogP contribution >= 0.6 is 0 Å². The van der Waals surface area contributed by atoms with Crippen LogP contribution in [0.1, 0.15) is 75.1 Å². The van der Waals surface area contributed by atoms with Gasteiger partial charge in [-0.3, -0.25) is 0 Å². The molecule has 146 valence electrons. The van der Waals surface area contributed by atoms with Crippen molar-refractivity contribution in [2.45, 2.75) is 72.6 Å². The summed E-state index contributed by atoms with van der Waals surface area (Å²) >= 11 is 0. The van der Waals surface area contributed by atoms with Crippen LogP contribution in [0.25, 0.3) is 6.08 Å². The second-order valence-corrected chi connectivity index (χ2v) is 7.17. The van der Waals surface area contributed by atoms with Gasteiger partial charge in [-0.1, -0.05) is 105 Å². The molecule has 0 saturated carbocycles. The molecular formula is C27H38. The quantitative estimate of drug-likeness (QED) is 0.358. The van der Waals surface area contributed by atoms with Crippen molar-refractivity contribution in [1.82, 2.24) is 0 Å². The van der Waals surface area contributed by atoms with Crippen molar-refractivity contribution < 1.29 is 0 Å². The van der Waals surface area contributed by atoms with Crippen LogP contribution in [0.2, 0.25) is 0 Å². The fourth-order valence-corrected chi connectivity index (χ4v) is 3.03. The third-order valence-electron chi connectivity index (χ3n) is 4.73. The van der Waals surface area contributed by atoms with Crippen LogP contribution < -0.4 is 0 Å². The molecule has 0 nitrogen and oxygen atoms in total. The molecule has 0 amide bonds. The third kappa shape index (κ3) is 9.43. The first-order valence-electron chi connectivity index (χ1n) is 10.6. The summed E-state index contributed by atoms with van der Waals surface area (Å²) in [6.45, 7) is 12.2. The molecule has 1 aliphatic carbocycles. The Bertz CT molecular complexity index is 691. The summed E-state index contributed by atoms with van der Waals surface area (Å²) in [4.78, 5) is 0. The van der Waals surface area contributed by atoms with E-state index in [9.17, 15) is 0 Å². The second-order valence-electron chi connectivity index (χ2n) is 7.17. The zero-order chi connectivity index (χ0) is 19.9. The van der Waals surface area contributed by atoms with E-state index in [-0.39, 0.29) is 0 Å². The number of rotatable bonds is 6. The summed E-state index contributed by atoms with van der Waals surface area (Å²) in [5.74, 6) is 0. The average Bonchev–Trinajstić information content (AvgIpc) is 3.12. The van der Waals surface area contributed by atoms with E-state index in [0.717, 1.165) is 6.42 Å². The van der Waals surface area contributed by atoms with E-state index in [0.29, 0.717) is 0 Å². The Morgan fingerprint density at radius 2 is 1.70 bits per heavy atom. The number of unbranched alkanes of at least 4 members (excludes halogenated alkanes) is 2. The van der Waals surface area contributed by atoms with Gasteiger partial charge >= 0.3 is 0 Å². The lowest BCUT2D eigenvalue weighted by molar-refractivity contribution is 0.717. The van der Waals surface area contributed by atoms with Crippen molar-refractivity contribution in [3.63, 3.8) is 0 Å². The molecule has 27 heavy (non-hydrogen) atoms. The first-order valence-corrected chi connectivity index (χ1v) is 10.6. The maximum Gasteiger partial charge on any atom is -0.00579 e. The highest BCUT2D eigenvalue weighted by Crippen LogP contribution is 2.25. The lowest BCUT2D eigenvalue weighted by atomic mass is 10.1. The molecule has 0 N–H and O–H groups in total. The van der Waals surface area contributed by atoms with Gasteiger partial charge < -0.3 is 0 Å². The van der Waals surface area contributed by atoms with Crippen LogP contribution in [-0.4, -0.2) is 0 Å². The monoisotopic (exact) mass is 362 g/mol. The van der Waals surface area contributed by atoms with Gasteiger partial charge in [-0.2, -0.15) is 0 Å². The lowest BCUT2D eigenvalue weighted by Crippen LogP contribution is -1.85. The maximum absolute atomic E-state index is 3.48. The summed E-state index contributed by atoms with van der Waals surface area (Å²) in [6, 6.07) is 17.4. The van der Waals surface area contributed by atoms with Gasteiger partial charge in [-0.15, -0.1) is 6.58 Å². The largest absolute Gasteiger partial charge is 0.103 e. The summed E-state index contributed by atoms with van der Waals surface area (Å²) in [5, 5.41) is 0. The molecule has 0 aromatic heterocycles. The fourth-order valence-electron chi connectivity index (χ4n) is 3.03. The molecule has 0 fully saturated rings. The molecule has 0 bridgehead atoms. The zero-order valence-electron chi connectivity index (χ0n) is 17.9. The molecule has 0 atom stereocenters. The highest BCUT2D eigenvalue weighted by Gasteiger charge is 2.08. The van der Waals surface area contributed by atoms with Gasteiger partial charge in [0.25, 0.3) is 0 Å². The van der Waals surface area contributed by atoms with E-state index in [2.05, 4.69) is 88.9 Å². The molecular weight excluding hydrogens is 324 g/mol. The van der Waals surface area contributed by atoms with Crippen LogP contribution in [0, 0.1) is 6.92 Å². The predicted octanol–water partition coefficient (Wildman–Crippen LogP) is 8.35. The van der Waals surface area contributed by atoms with Crippen LogP contribution in [0.3, 0.4) is 0 Å². The van der Waals surface area contributed by atoms with Crippen LogP contribution in [0.4, 0.5) is 0 Å². The van der Waals surface area contributed by atoms with E-state index in [1.165, 1.54) is 60.8 Å². The Hall–Kier alpha value is -2.08. The van der Waals surface area contributed by atoms with E-state index >= 15 is 0 Å². The number of benzene rings is 2. The van der Waals surface area contributed by atoms with E-state index < -0.39 is 0 Å². The molecule has 0 heteroatoms. The van der Waals surface area contributed by atoms with Crippen LogP contribution in [0.15, 0.2) is 66.8 Å². The van der Waals surface area contributed by atoms with E-state index in [1.807, 2.05) is 6.08 Å².